The van der Waals surface area contributed by atoms with Gasteiger partial charge in [-0.25, -0.2) is 0 Å². The average molecular weight is 1160 g/mol. The summed E-state index contributed by atoms with van der Waals surface area (Å²) >= 11 is 0. The SMILES string of the molecule is CC/C=C\C/C=C\C/C=C\C/C=C\CCCCCCCCCCCCCCCCCCCCC(=O)OCC(COC(=O)CCCCCCCCCCC)OC(=O)CCCCCCCCCCCCCCC/C=C\CCCCCCCCCC. The van der Waals surface area contributed by atoms with E-state index in [9.17, 15) is 14.4 Å². The minimum absolute atomic E-state index is 0.0678. The molecule has 0 saturated carbocycles. The molecule has 0 aromatic heterocycles. The van der Waals surface area contributed by atoms with E-state index in [0.29, 0.717) is 19.3 Å². The molecule has 1 unspecified atom stereocenters. The van der Waals surface area contributed by atoms with Gasteiger partial charge in [0, 0.05) is 19.3 Å². The van der Waals surface area contributed by atoms with Crippen molar-refractivity contribution < 1.29 is 28.6 Å². The first kappa shape index (κ1) is 80.1. The molecule has 0 radical (unpaired) electrons. The van der Waals surface area contributed by atoms with Crippen LogP contribution in [0.2, 0.25) is 0 Å². The Hall–Kier alpha value is -2.89. The van der Waals surface area contributed by atoms with Gasteiger partial charge >= 0.3 is 17.9 Å². The van der Waals surface area contributed by atoms with Crippen molar-refractivity contribution in [2.75, 3.05) is 13.2 Å². The third-order valence-corrected chi connectivity index (χ3v) is 16.5. The van der Waals surface area contributed by atoms with E-state index in [4.69, 9.17) is 14.2 Å². The van der Waals surface area contributed by atoms with Gasteiger partial charge in [-0.2, -0.15) is 0 Å². The molecule has 0 bridgehead atoms. The monoisotopic (exact) mass is 1160 g/mol. The number of rotatable bonds is 68. The summed E-state index contributed by atoms with van der Waals surface area (Å²) in [6.07, 6.45) is 92.8. The summed E-state index contributed by atoms with van der Waals surface area (Å²) in [5.41, 5.74) is 0. The molecular formula is C77H140O6. The van der Waals surface area contributed by atoms with Crippen molar-refractivity contribution in [1.82, 2.24) is 0 Å². The van der Waals surface area contributed by atoms with Crippen molar-refractivity contribution in [1.29, 1.82) is 0 Å². The van der Waals surface area contributed by atoms with E-state index in [1.165, 1.54) is 270 Å². The highest BCUT2D eigenvalue weighted by atomic mass is 16.6. The maximum Gasteiger partial charge on any atom is 0.306 e. The lowest BCUT2D eigenvalue weighted by atomic mass is 10.0. The Kier molecular flexibility index (Phi) is 69.1. The lowest BCUT2D eigenvalue weighted by Gasteiger charge is -2.18. The molecule has 0 aromatic rings. The summed E-state index contributed by atoms with van der Waals surface area (Å²) in [4.78, 5) is 38.3. The van der Waals surface area contributed by atoms with Gasteiger partial charge in [0.15, 0.2) is 6.10 Å². The molecule has 0 N–H and O–H groups in total. The zero-order valence-corrected chi connectivity index (χ0v) is 55.7. The van der Waals surface area contributed by atoms with Crippen LogP contribution in [-0.4, -0.2) is 37.2 Å². The Bertz CT molecular complexity index is 1470. The van der Waals surface area contributed by atoms with Crippen molar-refractivity contribution in [2.24, 2.45) is 0 Å². The molecule has 0 fully saturated rings. The first-order chi connectivity index (χ1) is 41.0. The average Bonchev–Trinajstić information content (AvgIpc) is 3.49. The summed E-state index contributed by atoms with van der Waals surface area (Å²) in [6, 6.07) is 0. The Labute approximate surface area is 517 Å². The van der Waals surface area contributed by atoms with E-state index < -0.39 is 6.10 Å². The first-order valence-corrected chi connectivity index (χ1v) is 36.8. The van der Waals surface area contributed by atoms with Crippen molar-refractivity contribution in [2.45, 2.75) is 399 Å². The largest absolute Gasteiger partial charge is 0.462 e. The van der Waals surface area contributed by atoms with Gasteiger partial charge in [-0.3, -0.25) is 14.4 Å². The third kappa shape index (κ3) is 69.8. The van der Waals surface area contributed by atoms with E-state index in [0.717, 1.165) is 83.5 Å². The maximum atomic E-state index is 12.9. The predicted molar refractivity (Wildman–Crippen MR) is 362 cm³/mol. The second-order valence-electron chi connectivity index (χ2n) is 24.8. The van der Waals surface area contributed by atoms with Crippen molar-refractivity contribution in [3.8, 4) is 0 Å². The van der Waals surface area contributed by atoms with Crippen molar-refractivity contribution in [3.63, 3.8) is 0 Å². The Morgan fingerprint density at radius 2 is 0.470 bits per heavy atom. The van der Waals surface area contributed by atoms with Crippen molar-refractivity contribution >= 4 is 17.9 Å². The standard InChI is InChI=1S/C77H140O6/c1-4-7-10-13-16-19-21-23-25-27-29-31-33-35-36-37-38-39-40-42-43-45-47-49-51-53-55-58-61-64-67-70-76(79)82-73-74(72-81-75(78)69-66-63-60-57-18-15-12-9-6-3)83-77(80)71-68-65-62-59-56-54-52-50-48-46-44-41-34-32-30-28-26-24-22-20-17-14-11-8-5-2/h7,10,16,19,23,25,28-31,74H,4-6,8-9,11-15,17-18,20-22,24,26-27,32-73H2,1-3H3/b10-7-,19-16-,25-23-,30-28-,31-29-. The fourth-order valence-corrected chi connectivity index (χ4v) is 11.0. The topological polar surface area (TPSA) is 78.9 Å². The fourth-order valence-electron chi connectivity index (χ4n) is 11.0. The molecule has 1 atom stereocenters. The number of esters is 3. The van der Waals surface area contributed by atoms with Crippen LogP contribution in [0, 0.1) is 0 Å². The highest BCUT2D eigenvalue weighted by molar-refractivity contribution is 5.71. The van der Waals surface area contributed by atoms with E-state index in [1.807, 2.05) is 0 Å². The van der Waals surface area contributed by atoms with Crippen LogP contribution in [0.25, 0.3) is 0 Å². The molecule has 0 aliphatic carbocycles. The molecule has 0 heterocycles. The zero-order chi connectivity index (χ0) is 59.9. The molecule has 0 aromatic carbocycles. The predicted octanol–water partition coefficient (Wildman–Crippen LogP) is 25.5. The lowest BCUT2D eigenvalue weighted by molar-refractivity contribution is -0.167. The number of unbranched alkanes of at least 4 members (excludes halogenated alkanes) is 47. The van der Waals surface area contributed by atoms with Gasteiger partial charge in [0.1, 0.15) is 13.2 Å². The second kappa shape index (κ2) is 71.6. The van der Waals surface area contributed by atoms with E-state index in [-0.39, 0.29) is 31.1 Å². The van der Waals surface area contributed by atoms with Crippen LogP contribution in [0.4, 0.5) is 0 Å². The Morgan fingerprint density at radius 1 is 0.253 bits per heavy atom. The fraction of sp³-hybridized carbons (Fsp3) is 0.831. The molecule has 0 aliphatic heterocycles. The Balaban J connectivity index is 4.07. The molecule has 484 valence electrons. The molecule has 83 heavy (non-hydrogen) atoms. The molecule has 0 spiro atoms. The summed E-state index contributed by atoms with van der Waals surface area (Å²) in [6.45, 7) is 6.57. The van der Waals surface area contributed by atoms with E-state index in [2.05, 4.69) is 81.5 Å². The molecule has 0 amide bonds. The van der Waals surface area contributed by atoms with Crippen LogP contribution in [-0.2, 0) is 28.6 Å². The molecule has 0 saturated heterocycles. The van der Waals surface area contributed by atoms with Gasteiger partial charge in [-0.1, -0.05) is 351 Å². The number of hydrogen-bond donors (Lipinski definition) is 0. The van der Waals surface area contributed by atoms with Crippen LogP contribution >= 0.6 is 0 Å². The quantitative estimate of drug-likeness (QED) is 0.0261. The highest BCUT2D eigenvalue weighted by Gasteiger charge is 2.19. The van der Waals surface area contributed by atoms with Gasteiger partial charge in [-0.15, -0.1) is 0 Å². The highest BCUT2D eigenvalue weighted by Crippen LogP contribution is 2.19. The zero-order valence-electron chi connectivity index (χ0n) is 55.7. The van der Waals surface area contributed by atoms with E-state index >= 15 is 0 Å². The number of allylic oxidation sites excluding steroid dienone is 10. The van der Waals surface area contributed by atoms with E-state index in [1.54, 1.807) is 0 Å². The maximum absolute atomic E-state index is 12.9. The summed E-state index contributed by atoms with van der Waals surface area (Å²) in [7, 11) is 0. The Morgan fingerprint density at radius 3 is 0.747 bits per heavy atom. The minimum Gasteiger partial charge on any atom is -0.462 e. The van der Waals surface area contributed by atoms with Gasteiger partial charge in [0.25, 0.3) is 0 Å². The minimum atomic E-state index is -0.770. The molecule has 0 rings (SSSR count). The van der Waals surface area contributed by atoms with Crippen molar-refractivity contribution in [3.05, 3.63) is 60.8 Å². The van der Waals surface area contributed by atoms with Gasteiger partial charge in [0.05, 0.1) is 0 Å². The number of carbonyl (C=O) groups is 3. The summed E-state index contributed by atoms with van der Waals surface area (Å²) in [5.74, 6) is -0.844. The summed E-state index contributed by atoms with van der Waals surface area (Å²) in [5, 5.41) is 0. The second-order valence-corrected chi connectivity index (χ2v) is 24.8. The summed E-state index contributed by atoms with van der Waals surface area (Å²) < 4.78 is 17.0. The lowest BCUT2D eigenvalue weighted by Crippen LogP contribution is -2.30. The number of ether oxygens (including phenoxy) is 3. The normalized spacial score (nSPS) is 12.4. The molecule has 6 nitrogen and oxygen atoms in total. The van der Waals surface area contributed by atoms with Gasteiger partial charge in [0.2, 0.25) is 0 Å². The molecule has 0 aliphatic rings. The number of hydrogen-bond acceptors (Lipinski definition) is 6. The smallest absolute Gasteiger partial charge is 0.306 e. The number of carbonyl (C=O) groups excluding carboxylic acids is 3. The first-order valence-electron chi connectivity index (χ1n) is 36.8. The molecular weight excluding hydrogens is 1020 g/mol. The van der Waals surface area contributed by atoms with Crippen LogP contribution in [0.5, 0.6) is 0 Å². The van der Waals surface area contributed by atoms with Crippen LogP contribution in [0.3, 0.4) is 0 Å². The van der Waals surface area contributed by atoms with Gasteiger partial charge < -0.3 is 14.2 Å². The van der Waals surface area contributed by atoms with Crippen LogP contribution in [0.15, 0.2) is 60.8 Å². The molecule has 6 heteroatoms. The van der Waals surface area contributed by atoms with Crippen LogP contribution < -0.4 is 0 Å². The van der Waals surface area contributed by atoms with Gasteiger partial charge in [-0.05, 0) is 83.5 Å². The van der Waals surface area contributed by atoms with Crippen LogP contribution in [0.1, 0.15) is 393 Å². The third-order valence-electron chi connectivity index (χ3n) is 16.5.